The lowest BCUT2D eigenvalue weighted by molar-refractivity contribution is -0.124. The number of nitrogens with one attached hydrogen (secondary N) is 2. The molecule has 8 nitrogen and oxygen atoms in total. The molecular formula is C26H23N3O5S. The van der Waals surface area contributed by atoms with Gasteiger partial charge in [-0.15, -0.1) is 11.8 Å². The summed E-state index contributed by atoms with van der Waals surface area (Å²) in [6, 6.07) is 22.6. The lowest BCUT2D eigenvalue weighted by atomic mass is 10.2. The van der Waals surface area contributed by atoms with E-state index in [0.717, 1.165) is 5.56 Å². The van der Waals surface area contributed by atoms with Gasteiger partial charge < -0.3 is 20.1 Å². The Morgan fingerprint density at radius 1 is 0.971 bits per heavy atom. The highest BCUT2D eigenvalue weighted by Crippen LogP contribution is 2.24. The van der Waals surface area contributed by atoms with Gasteiger partial charge in [0.2, 0.25) is 5.91 Å². The molecule has 178 valence electrons. The Morgan fingerprint density at radius 2 is 1.77 bits per heavy atom. The average Bonchev–Trinajstić information content (AvgIpc) is 2.89. The van der Waals surface area contributed by atoms with Crippen molar-refractivity contribution >= 4 is 35.2 Å². The predicted octanol–water partition coefficient (Wildman–Crippen LogP) is 3.77. The van der Waals surface area contributed by atoms with E-state index in [2.05, 4.69) is 10.6 Å². The molecule has 9 heteroatoms. The summed E-state index contributed by atoms with van der Waals surface area (Å²) in [6.07, 6.45) is 0. The zero-order chi connectivity index (χ0) is 25.0. The number of anilines is 1. The Bertz CT molecular complexity index is 1260. The number of amides is 2. The van der Waals surface area contributed by atoms with Gasteiger partial charge in [-0.2, -0.15) is 5.26 Å². The van der Waals surface area contributed by atoms with Crippen LogP contribution in [-0.2, 0) is 20.9 Å². The Labute approximate surface area is 207 Å². The number of hydrogen-bond acceptors (Lipinski definition) is 7. The first kappa shape index (κ1) is 25.3. The molecule has 0 saturated heterocycles. The summed E-state index contributed by atoms with van der Waals surface area (Å²) in [7, 11) is 1.56. The summed E-state index contributed by atoms with van der Waals surface area (Å²) >= 11 is 1.17. The number of rotatable bonds is 10. The number of nitriles is 1. The molecule has 0 unspecified atom stereocenters. The van der Waals surface area contributed by atoms with Gasteiger partial charge >= 0.3 is 5.97 Å². The molecule has 0 spiro atoms. The van der Waals surface area contributed by atoms with Crippen molar-refractivity contribution < 1.29 is 23.9 Å². The topological polar surface area (TPSA) is 118 Å². The zero-order valence-electron chi connectivity index (χ0n) is 18.9. The SMILES string of the molecule is COc1cccc(CNC(=O)COC(=O)c2ccccc2SCC(=O)Nc2cccc(C#N)c2)c1. The van der Waals surface area contributed by atoms with Gasteiger partial charge in [0.05, 0.1) is 30.1 Å². The molecule has 0 heterocycles. The normalized spacial score (nSPS) is 10.1. The summed E-state index contributed by atoms with van der Waals surface area (Å²) < 4.78 is 10.3. The molecule has 0 aliphatic carbocycles. The summed E-state index contributed by atoms with van der Waals surface area (Å²) in [5.41, 5.74) is 2.07. The summed E-state index contributed by atoms with van der Waals surface area (Å²) in [4.78, 5) is 37.6. The molecule has 0 aliphatic heterocycles. The van der Waals surface area contributed by atoms with E-state index in [4.69, 9.17) is 14.7 Å². The van der Waals surface area contributed by atoms with E-state index in [0.29, 0.717) is 21.9 Å². The average molecular weight is 490 g/mol. The second kappa shape index (κ2) is 12.8. The van der Waals surface area contributed by atoms with E-state index in [1.54, 1.807) is 67.8 Å². The number of nitrogens with zero attached hydrogens (tertiary/aromatic N) is 1. The fourth-order valence-electron chi connectivity index (χ4n) is 3.01. The zero-order valence-corrected chi connectivity index (χ0v) is 19.8. The van der Waals surface area contributed by atoms with Crippen molar-refractivity contribution in [2.45, 2.75) is 11.4 Å². The monoisotopic (exact) mass is 489 g/mol. The van der Waals surface area contributed by atoms with Gasteiger partial charge in [-0.25, -0.2) is 4.79 Å². The van der Waals surface area contributed by atoms with Crippen LogP contribution in [0.2, 0.25) is 0 Å². The molecule has 3 aromatic rings. The minimum atomic E-state index is -0.660. The van der Waals surface area contributed by atoms with E-state index in [1.165, 1.54) is 11.8 Å². The third kappa shape index (κ3) is 7.91. The summed E-state index contributed by atoms with van der Waals surface area (Å²) in [5, 5.41) is 14.4. The fraction of sp³-hybridized carbons (Fsp3) is 0.154. The predicted molar refractivity (Wildman–Crippen MR) is 132 cm³/mol. The molecule has 2 amide bonds. The molecule has 35 heavy (non-hydrogen) atoms. The molecule has 0 atom stereocenters. The van der Waals surface area contributed by atoms with E-state index in [1.807, 2.05) is 18.2 Å². The van der Waals surface area contributed by atoms with Crippen molar-refractivity contribution in [1.29, 1.82) is 5.26 Å². The van der Waals surface area contributed by atoms with Crippen LogP contribution in [0.4, 0.5) is 5.69 Å². The third-order valence-corrected chi connectivity index (χ3v) is 5.77. The molecule has 0 radical (unpaired) electrons. The van der Waals surface area contributed by atoms with Gasteiger partial charge in [0.15, 0.2) is 6.61 Å². The van der Waals surface area contributed by atoms with E-state index < -0.39 is 18.5 Å². The highest BCUT2D eigenvalue weighted by Gasteiger charge is 2.16. The Hall–Kier alpha value is -4.29. The molecule has 0 fully saturated rings. The Kier molecular flexibility index (Phi) is 9.28. The van der Waals surface area contributed by atoms with Crippen molar-refractivity contribution in [1.82, 2.24) is 5.32 Å². The van der Waals surface area contributed by atoms with Crippen molar-refractivity contribution in [2.75, 3.05) is 24.8 Å². The molecular weight excluding hydrogens is 466 g/mol. The second-order valence-electron chi connectivity index (χ2n) is 7.23. The van der Waals surface area contributed by atoms with Crippen molar-refractivity contribution in [2.24, 2.45) is 0 Å². The molecule has 3 rings (SSSR count). The number of esters is 1. The van der Waals surface area contributed by atoms with Gasteiger partial charge in [-0.3, -0.25) is 9.59 Å². The van der Waals surface area contributed by atoms with Crippen LogP contribution < -0.4 is 15.4 Å². The summed E-state index contributed by atoms with van der Waals surface area (Å²) in [5.74, 6) is -0.661. The van der Waals surface area contributed by atoms with Gasteiger partial charge in [-0.05, 0) is 48.0 Å². The number of hydrogen-bond donors (Lipinski definition) is 2. The number of thioether (sulfide) groups is 1. The molecule has 0 bridgehead atoms. The molecule has 2 N–H and O–H groups in total. The standard InChI is InChI=1S/C26H23N3O5S/c1-33-21-9-5-7-19(13-21)15-28-24(30)16-34-26(32)22-10-2-3-11-23(22)35-17-25(31)29-20-8-4-6-18(12-20)14-27/h2-13H,15-17H2,1H3,(H,28,30)(H,29,31). The number of ether oxygens (including phenoxy) is 2. The Morgan fingerprint density at radius 3 is 2.57 bits per heavy atom. The van der Waals surface area contributed by atoms with Gasteiger partial charge in [0.1, 0.15) is 5.75 Å². The van der Waals surface area contributed by atoms with Gasteiger partial charge in [0, 0.05) is 17.1 Å². The quantitative estimate of drug-likeness (QED) is 0.329. The van der Waals surface area contributed by atoms with Crippen LogP contribution in [0, 0.1) is 11.3 Å². The van der Waals surface area contributed by atoms with E-state index >= 15 is 0 Å². The molecule has 0 aromatic heterocycles. The van der Waals surface area contributed by atoms with Gasteiger partial charge in [-0.1, -0.05) is 30.3 Å². The molecule has 0 aliphatic rings. The first-order valence-electron chi connectivity index (χ1n) is 10.6. The minimum Gasteiger partial charge on any atom is -0.497 e. The van der Waals surface area contributed by atoms with Crippen molar-refractivity contribution in [3.63, 3.8) is 0 Å². The molecule has 0 saturated carbocycles. The second-order valence-corrected chi connectivity index (χ2v) is 8.25. The van der Waals surface area contributed by atoms with Crippen LogP contribution in [-0.4, -0.2) is 37.3 Å². The maximum Gasteiger partial charge on any atom is 0.339 e. The fourth-order valence-corrected chi connectivity index (χ4v) is 3.85. The maximum absolute atomic E-state index is 12.6. The van der Waals surface area contributed by atoms with E-state index in [-0.39, 0.29) is 23.8 Å². The number of benzene rings is 3. The van der Waals surface area contributed by atoms with Gasteiger partial charge in [0.25, 0.3) is 5.91 Å². The highest BCUT2D eigenvalue weighted by molar-refractivity contribution is 8.00. The van der Waals surface area contributed by atoms with Crippen LogP contribution >= 0.6 is 11.8 Å². The number of carbonyl (C=O) groups is 3. The maximum atomic E-state index is 12.6. The lowest BCUT2D eigenvalue weighted by Crippen LogP contribution is -2.28. The Balaban J connectivity index is 1.50. The highest BCUT2D eigenvalue weighted by atomic mass is 32.2. The minimum absolute atomic E-state index is 0.0437. The molecule has 3 aromatic carbocycles. The van der Waals surface area contributed by atoms with Crippen molar-refractivity contribution in [3.8, 4) is 11.8 Å². The first-order chi connectivity index (χ1) is 17.0. The van der Waals surface area contributed by atoms with E-state index in [9.17, 15) is 14.4 Å². The van der Waals surface area contributed by atoms with Crippen LogP contribution in [0.5, 0.6) is 5.75 Å². The number of methoxy groups -OCH3 is 1. The smallest absolute Gasteiger partial charge is 0.339 e. The largest absolute Gasteiger partial charge is 0.497 e. The van der Waals surface area contributed by atoms with Crippen LogP contribution in [0.1, 0.15) is 21.5 Å². The van der Waals surface area contributed by atoms with Crippen LogP contribution in [0.3, 0.4) is 0 Å². The number of carbonyl (C=O) groups excluding carboxylic acids is 3. The first-order valence-corrected chi connectivity index (χ1v) is 11.6. The summed E-state index contributed by atoms with van der Waals surface area (Å²) in [6.45, 7) is -0.163. The lowest BCUT2D eigenvalue weighted by Gasteiger charge is -2.10. The van der Waals surface area contributed by atoms with Crippen molar-refractivity contribution in [3.05, 3.63) is 89.5 Å². The van der Waals surface area contributed by atoms with Crippen LogP contribution in [0.25, 0.3) is 0 Å². The van der Waals surface area contributed by atoms with Crippen LogP contribution in [0.15, 0.2) is 77.7 Å². The third-order valence-electron chi connectivity index (χ3n) is 4.70.